The van der Waals surface area contributed by atoms with Crippen molar-refractivity contribution in [2.75, 3.05) is 38.7 Å². The topological polar surface area (TPSA) is 97.8 Å². The number of sulfonamides is 1. The predicted molar refractivity (Wildman–Crippen MR) is 120 cm³/mol. The van der Waals surface area contributed by atoms with E-state index in [2.05, 4.69) is 10.3 Å². The van der Waals surface area contributed by atoms with E-state index in [0.717, 1.165) is 10.2 Å². The minimum atomic E-state index is -3.72. The second-order valence-corrected chi connectivity index (χ2v) is 9.94. The summed E-state index contributed by atoms with van der Waals surface area (Å²) in [6, 6.07) is 10.3. The van der Waals surface area contributed by atoms with Gasteiger partial charge >= 0.3 is 0 Å². The number of benzene rings is 2. The van der Waals surface area contributed by atoms with Gasteiger partial charge in [0.25, 0.3) is 5.91 Å². The summed E-state index contributed by atoms with van der Waals surface area (Å²) < 4.78 is 39.2. The van der Waals surface area contributed by atoms with Crippen molar-refractivity contribution < 1.29 is 22.7 Å². The molecule has 1 N–H and O–H groups in total. The SMILES string of the molecule is CCc1ccc(C(=O)Nc2nc3ccc(OC)cc3s2)cc1S(=O)(=O)N1CCOCC1. The van der Waals surface area contributed by atoms with E-state index in [1.165, 1.54) is 21.7 Å². The van der Waals surface area contributed by atoms with Crippen LogP contribution >= 0.6 is 11.3 Å². The van der Waals surface area contributed by atoms with Crippen molar-refractivity contribution in [2.24, 2.45) is 0 Å². The fraction of sp³-hybridized carbons (Fsp3) is 0.333. The van der Waals surface area contributed by atoms with Crippen LogP contribution in [-0.2, 0) is 21.2 Å². The van der Waals surface area contributed by atoms with Gasteiger partial charge in [-0.1, -0.05) is 24.3 Å². The summed E-state index contributed by atoms with van der Waals surface area (Å²) in [5.74, 6) is 0.300. The van der Waals surface area contributed by atoms with Crippen molar-refractivity contribution >= 4 is 42.6 Å². The number of ether oxygens (including phenoxy) is 2. The number of anilines is 1. The molecule has 10 heteroatoms. The van der Waals surface area contributed by atoms with Gasteiger partial charge in [0.15, 0.2) is 5.13 Å². The first-order chi connectivity index (χ1) is 14.9. The lowest BCUT2D eigenvalue weighted by molar-refractivity contribution is 0.0730. The van der Waals surface area contributed by atoms with Gasteiger partial charge in [0.1, 0.15) is 5.75 Å². The Morgan fingerprint density at radius 1 is 1.23 bits per heavy atom. The van der Waals surface area contributed by atoms with Gasteiger partial charge in [-0.2, -0.15) is 4.31 Å². The average Bonchev–Trinajstić information content (AvgIpc) is 3.20. The predicted octanol–water partition coefficient (Wildman–Crippen LogP) is 3.14. The van der Waals surface area contributed by atoms with Crippen molar-refractivity contribution in [3.8, 4) is 5.75 Å². The molecule has 31 heavy (non-hydrogen) atoms. The molecule has 2 heterocycles. The van der Waals surface area contributed by atoms with Gasteiger partial charge in [0.2, 0.25) is 10.0 Å². The Labute approximate surface area is 184 Å². The third-order valence-corrected chi connectivity index (χ3v) is 8.03. The molecule has 0 radical (unpaired) electrons. The molecule has 164 valence electrons. The number of thiazole rings is 1. The van der Waals surface area contributed by atoms with Crippen molar-refractivity contribution in [1.82, 2.24) is 9.29 Å². The van der Waals surface area contributed by atoms with E-state index in [9.17, 15) is 13.2 Å². The van der Waals surface area contributed by atoms with Crippen molar-refractivity contribution in [3.63, 3.8) is 0 Å². The van der Waals surface area contributed by atoms with Crippen LogP contribution in [0.2, 0.25) is 0 Å². The maximum atomic E-state index is 13.2. The minimum absolute atomic E-state index is 0.165. The zero-order chi connectivity index (χ0) is 22.0. The Morgan fingerprint density at radius 2 is 2.00 bits per heavy atom. The number of carbonyl (C=O) groups is 1. The van der Waals surface area contributed by atoms with Gasteiger partial charge < -0.3 is 9.47 Å². The molecular formula is C21H23N3O5S2. The Bertz CT molecular complexity index is 1220. The highest BCUT2D eigenvalue weighted by Crippen LogP contribution is 2.30. The number of methoxy groups -OCH3 is 1. The fourth-order valence-electron chi connectivity index (χ4n) is 3.41. The lowest BCUT2D eigenvalue weighted by atomic mass is 10.1. The smallest absolute Gasteiger partial charge is 0.257 e. The molecule has 0 unspecified atom stereocenters. The van der Waals surface area contributed by atoms with Crippen LogP contribution in [-0.4, -0.2) is 57.0 Å². The highest BCUT2D eigenvalue weighted by molar-refractivity contribution is 7.89. The zero-order valence-electron chi connectivity index (χ0n) is 17.3. The number of aryl methyl sites for hydroxylation is 1. The number of hydrogen-bond acceptors (Lipinski definition) is 7. The van der Waals surface area contributed by atoms with E-state index >= 15 is 0 Å². The van der Waals surface area contributed by atoms with Crippen molar-refractivity contribution in [2.45, 2.75) is 18.2 Å². The molecular weight excluding hydrogens is 438 g/mol. The van der Waals surface area contributed by atoms with Gasteiger partial charge in [-0.05, 0) is 42.3 Å². The molecule has 4 rings (SSSR count). The summed E-state index contributed by atoms with van der Waals surface area (Å²) in [5.41, 5.74) is 1.69. The fourth-order valence-corrected chi connectivity index (χ4v) is 6.03. The maximum Gasteiger partial charge on any atom is 0.257 e. The van der Waals surface area contributed by atoms with Crippen LogP contribution in [0.3, 0.4) is 0 Å². The number of morpholine rings is 1. The molecule has 1 aliphatic heterocycles. The third kappa shape index (κ3) is 4.42. The Kier molecular flexibility index (Phi) is 6.24. The summed E-state index contributed by atoms with van der Waals surface area (Å²) in [5, 5.41) is 3.22. The number of rotatable bonds is 6. The molecule has 1 fully saturated rings. The van der Waals surface area contributed by atoms with Crippen LogP contribution in [0.1, 0.15) is 22.8 Å². The van der Waals surface area contributed by atoms with Crippen LogP contribution < -0.4 is 10.1 Å². The Morgan fingerprint density at radius 3 is 2.71 bits per heavy atom. The Hall–Kier alpha value is -2.53. The summed E-state index contributed by atoms with van der Waals surface area (Å²) >= 11 is 1.33. The maximum absolute atomic E-state index is 13.2. The standard InChI is InChI=1S/C21H23N3O5S2/c1-3-14-4-5-15(12-19(14)31(26,27)24-8-10-29-11-9-24)20(25)23-21-22-17-7-6-16(28-2)13-18(17)30-21/h4-7,12-13H,3,8-11H2,1-2H3,(H,22,23,25). The number of hydrogen-bond donors (Lipinski definition) is 1. The number of fused-ring (bicyclic) bond motifs is 1. The molecule has 1 aromatic heterocycles. The summed E-state index contributed by atoms with van der Waals surface area (Å²) in [6.07, 6.45) is 0.542. The number of nitrogens with one attached hydrogen (secondary N) is 1. The molecule has 8 nitrogen and oxygen atoms in total. The Balaban J connectivity index is 1.62. The summed E-state index contributed by atoms with van der Waals surface area (Å²) in [7, 11) is -2.12. The largest absolute Gasteiger partial charge is 0.497 e. The third-order valence-electron chi connectivity index (χ3n) is 5.11. The molecule has 1 aliphatic rings. The van der Waals surface area contributed by atoms with E-state index in [-0.39, 0.29) is 10.5 Å². The number of amides is 1. The normalized spacial score (nSPS) is 15.2. The van der Waals surface area contributed by atoms with E-state index in [4.69, 9.17) is 9.47 Å². The first kappa shape index (κ1) is 21.7. The number of aromatic nitrogens is 1. The molecule has 2 aromatic carbocycles. The van der Waals surface area contributed by atoms with E-state index in [1.807, 2.05) is 19.1 Å². The van der Waals surface area contributed by atoms with E-state index in [1.54, 1.807) is 25.3 Å². The van der Waals surface area contributed by atoms with Gasteiger partial charge in [0.05, 0.1) is 35.4 Å². The van der Waals surface area contributed by atoms with E-state index in [0.29, 0.717) is 49.2 Å². The quantitative estimate of drug-likeness (QED) is 0.606. The van der Waals surface area contributed by atoms with Gasteiger partial charge in [-0.25, -0.2) is 13.4 Å². The molecule has 0 atom stereocenters. The minimum Gasteiger partial charge on any atom is -0.497 e. The number of nitrogens with zero attached hydrogens (tertiary/aromatic N) is 2. The van der Waals surface area contributed by atoms with Gasteiger partial charge in [-0.15, -0.1) is 0 Å². The summed E-state index contributed by atoms with van der Waals surface area (Å²) in [6.45, 7) is 3.23. The van der Waals surface area contributed by atoms with E-state index < -0.39 is 15.9 Å². The van der Waals surface area contributed by atoms with Crippen LogP contribution in [0.5, 0.6) is 5.75 Å². The number of carbonyl (C=O) groups excluding carboxylic acids is 1. The van der Waals surface area contributed by atoms with Crippen LogP contribution in [0.4, 0.5) is 5.13 Å². The lowest BCUT2D eigenvalue weighted by Gasteiger charge is -2.27. The molecule has 0 aliphatic carbocycles. The highest BCUT2D eigenvalue weighted by atomic mass is 32.2. The molecule has 3 aromatic rings. The van der Waals surface area contributed by atoms with Crippen LogP contribution in [0, 0.1) is 0 Å². The lowest BCUT2D eigenvalue weighted by Crippen LogP contribution is -2.41. The van der Waals surface area contributed by atoms with Gasteiger partial charge in [-0.3, -0.25) is 10.1 Å². The first-order valence-electron chi connectivity index (χ1n) is 9.89. The van der Waals surface area contributed by atoms with Crippen molar-refractivity contribution in [3.05, 3.63) is 47.5 Å². The molecule has 0 saturated carbocycles. The molecule has 0 spiro atoms. The van der Waals surface area contributed by atoms with Gasteiger partial charge in [0, 0.05) is 18.7 Å². The monoisotopic (exact) mass is 461 g/mol. The first-order valence-corrected chi connectivity index (χ1v) is 12.1. The zero-order valence-corrected chi connectivity index (χ0v) is 18.9. The average molecular weight is 462 g/mol. The van der Waals surface area contributed by atoms with Crippen molar-refractivity contribution in [1.29, 1.82) is 0 Å². The molecule has 1 amide bonds. The van der Waals surface area contributed by atoms with Crippen LogP contribution in [0.25, 0.3) is 10.2 Å². The molecule has 1 saturated heterocycles. The second kappa shape index (κ2) is 8.91. The molecule has 0 bridgehead atoms. The van der Waals surface area contributed by atoms with Crippen LogP contribution in [0.15, 0.2) is 41.3 Å². The second-order valence-electron chi connectivity index (χ2n) is 7.00. The highest BCUT2D eigenvalue weighted by Gasteiger charge is 2.29. The summed E-state index contributed by atoms with van der Waals surface area (Å²) in [4.78, 5) is 17.5.